The van der Waals surface area contributed by atoms with Crippen molar-refractivity contribution in [2.45, 2.75) is 66.7 Å². The van der Waals surface area contributed by atoms with Gasteiger partial charge in [-0.15, -0.1) is 0 Å². The van der Waals surface area contributed by atoms with E-state index in [-0.39, 0.29) is 10.8 Å². The molecule has 0 aromatic heterocycles. The van der Waals surface area contributed by atoms with Crippen molar-refractivity contribution in [3.63, 3.8) is 0 Å². The summed E-state index contributed by atoms with van der Waals surface area (Å²) in [6.07, 6.45) is 15.5. The molecular formula is C28H39N. The SMILES string of the molecule is C=C(C)N(C/C=C\C(=C/C)C(C)(C)C)/C1=C/C=C\Cc2ccccc2C(C)(C)C1. The van der Waals surface area contributed by atoms with Crippen LogP contribution in [0.1, 0.15) is 66.0 Å². The number of hydrogen-bond acceptors (Lipinski definition) is 1. The molecule has 0 bridgehead atoms. The zero-order valence-corrected chi connectivity index (χ0v) is 19.5. The summed E-state index contributed by atoms with van der Waals surface area (Å²) in [7, 11) is 0. The summed E-state index contributed by atoms with van der Waals surface area (Å²) < 4.78 is 0. The Morgan fingerprint density at radius 1 is 1.21 bits per heavy atom. The van der Waals surface area contributed by atoms with Gasteiger partial charge >= 0.3 is 0 Å². The second-order valence-electron chi connectivity index (χ2n) is 9.75. The minimum absolute atomic E-state index is 0.0613. The van der Waals surface area contributed by atoms with Gasteiger partial charge in [0.15, 0.2) is 0 Å². The van der Waals surface area contributed by atoms with E-state index in [1.165, 1.54) is 22.4 Å². The first kappa shape index (κ1) is 23.0. The van der Waals surface area contributed by atoms with E-state index in [1.807, 2.05) is 0 Å². The van der Waals surface area contributed by atoms with Crippen LogP contribution in [0.4, 0.5) is 0 Å². The molecular weight excluding hydrogens is 350 g/mol. The second kappa shape index (κ2) is 9.48. The molecule has 0 heterocycles. The average Bonchev–Trinajstić information content (AvgIpc) is 2.68. The lowest BCUT2D eigenvalue weighted by Gasteiger charge is -2.34. The van der Waals surface area contributed by atoms with E-state index in [0.717, 1.165) is 25.1 Å². The van der Waals surface area contributed by atoms with Gasteiger partial charge in [0.1, 0.15) is 0 Å². The molecule has 0 unspecified atom stereocenters. The molecule has 0 aliphatic heterocycles. The van der Waals surface area contributed by atoms with Gasteiger partial charge in [-0.25, -0.2) is 0 Å². The van der Waals surface area contributed by atoms with Crippen LogP contribution in [0, 0.1) is 5.41 Å². The zero-order valence-electron chi connectivity index (χ0n) is 19.5. The minimum atomic E-state index is 0.0613. The maximum Gasteiger partial charge on any atom is 0.0408 e. The van der Waals surface area contributed by atoms with Gasteiger partial charge in [0.2, 0.25) is 0 Å². The summed E-state index contributed by atoms with van der Waals surface area (Å²) in [4.78, 5) is 2.35. The highest BCUT2D eigenvalue weighted by Crippen LogP contribution is 2.36. The molecule has 29 heavy (non-hydrogen) atoms. The van der Waals surface area contributed by atoms with Crippen LogP contribution < -0.4 is 0 Å². The smallest absolute Gasteiger partial charge is 0.0408 e. The van der Waals surface area contributed by atoms with E-state index in [9.17, 15) is 0 Å². The predicted octanol–water partition coefficient (Wildman–Crippen LogP) is 7.73. The molecule has 1 heteroatoms. The van der Waals surface area contributed by atoms with Crippen molar-refractivity contribution >= 4 is 0 Å². The maximum atomic E-state index is 4.28. The van der Waals surface area contributed by atoms with Crippen molar-refractivity contribution in [1.82, 2.24) is 4.90 Å². The third-order valence-corrected chi connectivity index (χ3v) is 5.70. The Kier molecular flexibility index (Phi) is 7.52. The topological polar surface area (TPSA) is 3.24 Å². The molecule has 1 aromatic rings. The van der Waals surface area contributed by atoms with Gasteiger partial charge in [-0.1, -0.05) is 95.8 Å². The van der Waals surface area contributed by atoms with Crippen molar-refractivity contribution in [1.29, 1.82) is 0 Å². The van der Waals surface area contributed by atoms with Crippen molar-refractivity contribution < 1.29 is 0 Å². The molecule has 156 valence electrons. The average molecular weight is 390 g/mol. The summed E-state index contributed by atoms with van der Waals surface area (Å²) in [5.74, 6) is 0. The normalized spacial score (nSPS) is 20.1. The van der Waals surface area contributed by atoms with Gasteiger partial charge in [0, 0.05) is 17.9 Å². The first-order valence-corrected chi connectivity index (χ1v) is 10.8. The molecule has 0 spiro atoms. The third-order valence-electron chi connectivity index (χ3n) is 5.70. The number of fused-ring (bicyclic) bond motifs is 1. The Hall–Kier alpha value is -2.28. The quantitative estimate of drug-likeness (QED) is 0.466. The van der Waals surface area contributed by atoms with E-state index >= 15 is 0 Å². The van der Waals surface area contributed by atoms with E-state index < -0.39 is 0 Å². The van der Waals surface area contributed by atoms with E-state index in [1.54, 1.807) is 0 Å². The van der Waals surface area contributed by atoms with Crippen LogP contribution in [0.2, 0.25) is 0 Å². The summed E-state index contributed by atoms with van der Waals surface area (Å²) in [5.41, 5.74) is 6.84. The molecule has 0 saturated carbocycles. The lowest BCUT2D eigenvalue weighted by molar-refractivity contribution is 0.399. The van der Waals surface area contributed by atoms with Gasteiger partial charge in [-0.2, -0.15) is 0 Å². The third kappa shape index (κ3) is 6.10. The van der Waals surface area contributed by atoms with E-state index in [2.05, 4.69) is 121 Å². The van der Waals surface area contributed by atoms with Crippen molar-refractivity contribution in [2.75, 3.05) is 6.54 Å². The number of benzene rings is 1. The van der Waals surface area contributed by atoms with Crippen LogP contribution in [0.15, 0.2) is 84.3 Å². The fourth-order valence-corrected chi connectivity index (χ4v) is 4.11. The summed E-state index contributed by atoms with van der Waals surface area (Å²) in [5, 5.41) is 0. The molecule has 1 aromatic carbocycles. The fraction of sp³-hybridized carbons (Fsp3) is 0.429. The van der Waals surface area contributed by atoms with Crippen LogP contribution in [0.3, 0.4) is 0 Å². The van der Waals surface area contributed by atoms with Gasteiger partial charge in [-0.05, 0) is 60.3 Å². The van der Waals surface area contributed by atoms with Crippen molar-refractivity contribution in [2.24, 2.45) is 5.41 Å². The largest absolute Gasteiger partial charge is 0.346 e. The molecule has 1 nitrogen and oxygen atoms in total. The zero-order chi connectivity index (χ0) is 21.7. The molecule has 0 fully saturated rings. The summed E-state index contributed by atoms with van der Waals surface area (Å²) in [6, 6.07) is 8.86. The Morgan fingerprint density at radius 2 is 1.90 bits per heavy atom. The van der Waals surface area contributed by atoms with Crippen LogP contribution >= 0.6 is 0 Å². The molecule has 1 aliphatic carbocycles. The summed E-state index contributed by atoms with van der Waals surface area (Å²) >= 11 is 0. The van der Waals surface area contributed by atoms with Gasteiger partial charge < -0.3 is 4.90 Å². The Labute approximate surface area is 179 Å². The molecule has 2 rings (SSSR count). The first-order chi connectivity index (χ1) is 13.6. The number of allylic oxidation sites excluding steroid dienone is 8. The van der Waals surface area contributed by atoms with Crippen LogP contribution in [-0.4, -0.2) is 11.4 Å². The predicted molar refractivity (Wildman–Crippen MR) is 129 cm³/mol. The monoisotopic (exact) mass is 389 g/mol. The first-order valence-electron chi connectivity index (χ1n) is 10.8. The van der Waals surface area contributed by atoms with E-state index in [4.69, 9.17) is 0 Å². The molecule has 0 radical (unpaired) electrons. The molecule has 0 saturated heterocycles. The maximum absolute atomic E-state index is 4.28. The molecule has 0 atom stereocenters. The van der Waals surface area contributed by atoms with Crippen LogP contribution in [0.25, 0.3) is 0 Å². The highest BCUT2D eigenvalue weighted by Gasteiger charge is 2.27. The molecule has 1 aliphatic rings. The standard InChI is InChI=1S/C28H39N/c1-9-24(27(4,5)6)17-14-20-29(22(2)3)25-18-12-10-15-23-16-11-13-19-26(23)28(7,8)21-25/h9-14,16-19H,2,15,20-21H2,1,3-8H3/b12-10-,17-14-,24-9+,25-18+. The van der Waals surface area contributed by atoms with E-state index in [0.29, 0.717) is 0 Å². The van der Waals surface area contributed by atoms with Gasteiger partial charge in [-0.3, -0.25) is 0 Å². The van der Waals surface area contributed by atoms with Crippen LogP contribution in [0.5, 0.6) is 0 Å². The fourth-order valence-electron chi connectivity index (χ4n) is 4.11. The van der Waals surface area contributed by atoms with Crippen molar-refractivity contribution in [3.05, 3.63) is 95.4 Å². The minimum Gasteiger partial charge on any atom is -0.346 e. The highest BCUT2D eigenvalue weighted by atomic mass is 15.1. The highest BCUT2D eigenvalue weighted by molar-refractivity contribution is 5.38. The summed E-state index contributed by atoms with van der Waals surface area (Å²) in [6.45, 7) is 20.8. The van der Waals surface area contributed by atoms with Crippen LogP contribution in [-0.2, 0) is 11.8 Å². The Bertz CT molecular complexity index is 837. The van der Waals surface area contributed by atoms with Gasteiger partial charge in [0.05, 0.1) is 0 Å². The molecule has 0 amide bonds. The number of rotatable bonds is 5. The number of hydrogen-bond donors (Lipinski definition) is 0. The van der Waals surface area contributed by atoms with Gasteiger partial charge in [0.25, 0.3) is 0 Å². The Morgan fingerprint density at radius 3 is 2.52 bits per heavy atom. The second-order valence-corrected chi connectivity index (χ2v) is 9.75. The van der Waals surface area contributed by atoms with Crippen molar-refractivity contribution in [3.8, 4) is 0 Å². The molecule has 0 N–H and O–H groups in total. The Balaban J connectivity index is 2.32. The number of nitrogens with zero attached hydrogens (tertiary/aromatic N) is 1. The lowest BCUT2D eigenvalue weighted by atomic mass is 9.77. The lowest BCUT2D eigenvalue weighted by Crippen LogP contribution is -2.28.